The molecule has 0 aromatic rings. The molecule has 0 unspecified atom stereocenters. The van der Waals surface area contributed by atoms with Gasteiger partial charge >= 0.3 is 0 Å². The number of piperidine rings is 1. The smallest absolute Gasteiger partial charge is 0.239 e. The summed E-state index contributed by atoms with van der Waals surface area (Å²) in [7, 11) is 0. The topological polar surface area (TPSA) is 61.4 Å². The Morgan fingerprint density at radius 3 is 2.11 bits per heavy atom. The van der Waals surface area contributed by atoms with E-state index < -0.39 is 0 Å². The van der Waals surface area contributed by atoms with E-state index in [-0.39, 0.29) is 23.8 Å². The van der Waals surface area contributed by atoms with Crippen LogP contribution in [0.1, 0.15) is 64.7 Å². The number of nitrogens with one attached hydrogen (secondary N) is 2. The molecule has 5 nitrogen and oxygen atoms in total. The fraction of sp³-hybridized carbons (Fsp3) is 0.909. The molecule has 0 atom stereocenters. The molecular formula is C22H37N3O2. The van der Waals surface area contributed by atoms with Gasteiger partial charge in [0.1, 0.15) is 0 Å². The van der Waals surface area contributed by atoms with Crippen molar-refractivity contribution in [3.8, 4) is 0 Å². The van der Waals surface area contributed by atoms with Gasteiger partial charge in [-0.3, -0.25) is 9.59 Å². The van der Waals surface area contributed by atoms with Gasteiger partial charge in [-0.2, -0.15) is 0 Å². The molecule has 5 aliphatic rings. The summed E-state index contributed by atoms with van der Waals surface area (Å²) in [6.45, 7) is 6.31. The molecule has 0 aromatic heterocycles. The zero-order valence-electron chi connectivity index (χ0n) is 17.0. The standard InChI is InChI=1S/C22H37N3O2/c1-16-2-5-25(6-3-16)7-4-23-21(27)15-24-20(26)14-22-11-17-8-18(12-22)10-19(9-17)13-22/h16-19H,2-15H2,1H3,(H,23,27)(H,24,26). The Morgan fingerprint density at radius 1 is 0.926 bits per heavy atom. The van der Waals surface area contributed by atoms with Gasteiger partial charge < -0.3 is 15.5 Å². The van der Waals surface area contributed by atoms with E-state index in [1.165, 1.54) is 51.4 Å². The highest BCUT2D eigenvalue weighted by Crippen LogP contribution is 2.61. The lowest BCUT2D eigenvalue weighted by Crippen LogP contribution is -2.48. The minimum Gasteiger partial charge on any atom is -0.353 e. The fourth-order valence-electron chi connectivity index (χ4n) is 6.79. The Morgan fingerprint density at radius 2 is 1.52 bits per heavy atom. The predicted octanol–water partition coefficient (Wildman–Crippen LogP) is 2.56. The van der Waals surface area contributed by atoms with Crippen LogP contribution in [0.15, 0.2) is 0 Å². The molecule has 4 bridgehead atoms. The number of hydrogen-bond acceptors (Lipinski definition) is 3. The van der Waals surface area contributed by atoms with Gasteiger partial charge in [-0.05, 0) is 93.5 Å². The molecular weight excluding hydrogens is 338 g/mol. The number of hydrogen-bond donors (Lipinski definition) is 2. The quantitative estimate of drug-likeness (QED) is 0.719. The van der Waals surface area contributed by atoms with Crippen molar-refractivity contribution in [1.29, 1.82) is 0 Å². The molecule has 1 heterocycles. The van der Waals surface area contributed by atoms with E-state index >= 15 is 0 Å². The van der Waals surface area contributed by atoms with Gasteiger partial charge in [0.15, 0.2) is 0 Å². The molecule has 4 aliphatic carbocycles. The second-order valence-electron chi connectivity index (χ2n) is 10.2. The summed E-state index contributed by atoms with van der Waals surface area (Å²) in [6.07, 6.45) is 11.1. The third-order valence-electron chi connectivity index (χ3n) is 7.77. The van der Waals surface area contributed by atoms with Gasteiger partial charge in [-0.1, -0.05) is 6.92 Å². The van der Waals surface area contributed by atoms with Crippen LogP contribution < -0.4 is 10.6 Å². The molecule has 5 fully saturated rings. The monoisotopic (exact) mass is 375 g/mol. The van der Waals surface area contributed by atoms with Crippen molar-refractivity contribution in [2.75, 3.05) is 32.7 Å². The highest BCUT2D eigenvalue weighted by atomic mass is 16.2. The number of rotatable bonds is 7. The Bertz CT molecular complexity index is 518. The van der Waals surface area contributed by atoms with E-state index in [1.54, 1.807) is 0 Å². The maximum absolute atomic E-state index is 12.5. The summed E-state index contributed by atoms with van der Waals surface area (Å²) >= 11 is 0. The maximum atomic E-state index is 12.5. The summed E-state index contributed by atoms with van der Waals surface area (Å²) in [5.41, 5.74) is 0.251. The zero-order valence-corrected chi connectivity index (χ0v) is 17.0. The van der Waals surface area contributed by atoms with Crippen LogP contribution in [-0.4, -0.2) is 49.4 Å². The molecule has 5 heteroatoms. The number of carbonyl (C=O) groups excluding carboxylic acids is 2. The number of carbonyl (C=O) groups is 2. The Kier molecular flexibility index (Phi) is 5.77. The average molecular weight is 376 g/mol. The Labute approximate surface area is 164 Å². The van der Waals surface area contributed by atoms with Crippen molar-refractivity contribution >= 4 is 11.8 Å². The van der Waals surface area contributed by atoms with Crippen LogP contribution in [0.3, 0.4) is 0 Å². The lowest BCUT2D eigenvalue weighted by Gasteiger charge is -2.56. The molecule has 2 N–H and O–H groups in total. The predicted molar refractivity (Wildman–Crippen MR) is 106 cm³/mol. The second kappa shape index (κ2) is 8.10. The van der Waals surface area contributed by atoms with Crippen molar-refractivity contribution in [2.24, 2.45) is 29.1 Å². The maximum Gasteiger partial charge on any atom is 0.239 e. The van der Waals surface area contributed by atoms with Gasteiger partial charge in [0.2, 0.25) is 11.8 Å². The van der Waals surface area contributed by atoms with E-state index in [9.17, 15) is 9.59 Å². The lowest BCUT2D eigenvalue weighted by molar-refractivity contribution is -0.131. The first-order valence-corrected chi connectivity index (χ1v) is 11.3. The summed E-state index contributed by atoms with van der Waals surface area (Å²) in [5.74, 6) is 3.46. The molecule has 0 radical (unpaired) electrons. The van der Waals surface area contributed by atoms with Crippen LogP contribution in [0, 0.1) is 29.1 Å². The van der Waals surface area contributed by atoms with Gasteiger partial charge in [0.25, 0.3) is 0 Å². The first-order chi connectivity index (χ1) is 13.0. The third kappa shape index (κ3) is 4.85. The third-order valence-corrected chi connectivity index (χ3v) is 7.77. The highest BCUT2D eigenvalue weighted by Gasteiger charge is 2.51. The number of amides is 2. The SMILES string of the molecule is CC1CCN(CCNC(=O)CNC(=O)CC23CC4CC(CC(C4)C2)C3)CC1. The Hall–Kier alpha value is -1.10. The summed E-state index contributed by atoms with van der Waals surface area (Å²) in [4.78, 5) is 27.0. The van der Waals surface area contributed by atoms with Crippen molar-refractivity contribution in [2.45, 2.75) is 64.7 Å². The van der Waals surface area contributed by atoms with Crippen LogP contribution in [0.25, 0.3) is 0 Å². The lowest BCUT2D eigenvalue weighted by atomic mass is 9.49. The van der Waals surface area contributed by atoms with E-state index in [2.05, 4.69) is 22.5 Å². The van der Waals surface area contributed by atoms with Crippen LogP contribution in [0.5, 0.6) is 0 Å². The van der Waals surface area contributed by atoms with E-state index in [0.717, 1.165) is 43.3 Å². The summed E-state index contributed by atoms with van der Waals surface area (Å²) in [6, 6.07) is 0. The molecule has 5 rings (SSSR count). The molecule has 4 saturated carbocycles. The number of nitrogens with zero attached hydrogens (tertiary/aromatic N) is 1. The van der Waals surface area contributed by atoms with Crippen LogP contribution in [0.4, 0.5) is 0 Å². The van der Waals surface area contributed by atoms with Crippen LogP contribution in [-0.2, 0) is 9.59 Å². The van der Waals surface area contributed by atoms with Crippen molar-refractivity contribution in [1.82, 2.24) is 15.5 Å². The van der Waals surface area contributed by atoms with Crippen molar-refractivity contribution < 1.29 is 9.59 Å². The fourth-order valence-corrected chi connectivity index (χ4v) is 6.79. The van der Waals surface area contributed by atoms with E-state index in [4.69, 9.17) is 0 Å². The molecule has 152 valence electrons. The van der Waals surface area contributed by atoms with Crippen LogP contribution >= 0.6 is 0 Å². The largest absolute Gasteiger partial charge is 0.353 e. The minimum atomic E-state index is -0.0563. The normalized spacial score (nSPS) is 36.0. The summed E-state index contributed by atoms with van der Waals surface area (Å²) < 4.78 is 0. The van der Waals surface area contributed by atoms with Gasteiger partial charge in [0.05, 0.1) is 6.54 Å². The molecule has 2 amide bonds. The van der Waals surface area contributed by atoms with E-state index in [0.29, 0.717) is 13.0 Å². The van der Waals surface area contributed by atoms with Crippen molar-refractivity contribution in [3.63, 3.8) is 0 Å². The minimum absolute atomic E-state index is 0.0563. The first kappa shape index (κ1) is 19.2. The second-order valence-corrected chi connectivity index (χ2v) is 10.2. The zero-order chi connectivity index (χ0) is 18.9. The first-order valence-electron chi connectivity index (χ1n) is 11.3. The molecule has 0 aromatic carbocycles. The highest BCUT2D eigenvalue weighted by molar-refractivity contribution is 5.84. The van der Waals surface area contributed by atoms with E-state index in [1.807, 2.05) is 0 Å². The Balaban J connectivity index is 1.13. The molecule has 27 heavy (non-hydrogen) atoms. The van der Waals surface area contributed by atoms with Crippen LogP contribution in [0.2, 0.25) is 0 Å². The van der Waals surface area contributed by atoms with Crippen molar-refractivity contribution in [3.05, 3.63) is 0 Å². The summed E-state index contributed by atoms with van der Waals surface area (Å²) in [5, 5.41) is 5.85. The molecule has 1 aliphatic heterocycles. The van der Waals surface area contributed by atoms with Gasteiger partial charge in [0, 0.05) is 19.5 Å². The van der Waals surface area contributed by atoms with Gasteiger partial charge in [-0.25, -0.2) is 0 Å². The molecule has 1 saturated heterocycles. The molecule has 0 spiro atoms. The number of likely N-dealkylation sites (tertiary alicyclic amines) is 1. The average Bonchev–Trinajstić information content (AvgIpc) is 2.60. The van der Waals surface area contributed by atoms with Gasteiger partial charge in [-0.15, -0.1) is 0 Å².